The lowest BCUT2D eigenvalue weighted by Gasteiger charge is -2.37. The third-order valence-electron chi connectivity index (χ3n) is 5.73. The number of nitrogens with one attached hydrogen (secondary N) is 1. The smallest absolute Gasteiger partial charge is 0.227 e. The summed E-state index contributed by atoms with van der Waals surface area (Å²) in [7, 11) is 0. The highest BCUT2D eigenvalue weighted by Gasteiger charge is 2.40. The zero-order chi connectivity index (χ0) is 20.9. The summed E-state index contributed by atoms with van der Waals surface area (Å²) in [6.45, 7) is 2.89. The standard InChI is InChI=1S/C23H27F2NO3/c1-2-19(15-27)26-22(28)23(9-11-29-12-10-23)14-16-3-5-17(6-4-16)18-7-8-20(24)21(25)13-18/h3-8,13,19,27H,2,9-12,14-15H2,1H3,(H,26,28)/t19-/m1/s1. The number of carbonyl (C=O) groups is 1. The van der Waals surface area contributed by atoms with Crippen LogP contribution in [0.15, 0.2) is 42.5 Å². The first-order chi connectivity index (χ1) is 14.0. The van der Waals surface area contributed by atoms with Crippen molar-refractivity contribution in [3.8, 4) is 11.1 Å². The van der Waals surface area contributed by atoms with E-state index in [4.69, 9.17) is 4.74 Å². The molecule has 1 aliphatic rings. The van der Waals surface area contributed by atoms with Crippen LogP contribution in [-0.4, -0.2) is 36.9 Å². The molecule has 1 fully saturated rings. The van der Waals surface area contributed by atoms with Gasteiger partial charge < -0.3 is 15.2 Å². The fourth-order valence-electron chi connectivity index (χ4n) is 3.74. The van der Waals surface area contributed by atoms with Gasteiger partial charge in [0.25, 0.3) is 0 Å². The Labute approximate surface area is 169 Å². The molecule has 156 valence electrons. The van der Waals surface area contributed by atoms with Gasteiger partial charge in [-0.05, 0) is 54.5 Å². The molecule has 6 heteroatoms. The normalized spacial score (nSPS) is 17.0. The summed E-state index contributed by atoms with van der Waals surface area (Å²) < 4.78 is 32.1. The lowest BCUT2D eigenvalue weighted by molar-refractivity contribution is -0.137. The molecule has 2 aromatic carbocycles. The second-order valence-corrected chi connectivity index (χ2v) is 7.66. The van der Waals surface area contributed by atoms with Crippen LogP contribution in [0.5, 0.6) is 0 Å². The van der Waals surface area contributed by atoms with Crippen molar-refractivity contribution in [1.29, 1.82) is 0 Å². The first-order valence-corrected chi connectivity index (χ1v) is 10.0. The van der Waals surface area contributed by atoms with Crippen molar-refractivity contribution in [2.75, 3.05) is 19.8 Å². The Balaban J connectivity index is 1.79. The predicted molar refractivity (Wildman–Crippen MR) is 107 cm³/mol. The number of aliphatic hydroxyl groups is 1. The molecule has 1 heterocycles. The molecular weight excluding hydrogens is 376 g/mol. The molecule has 2 aromatic rings. The second-order valence-electron chi connectivity index (χ2n) is 7.66. The molecule has 0 bridgehead atoms. The molecule has 1 atom stereocenters. The Morgan fingerprint density at radius 3 is 2.34 bits per heavy atom. The first-order valence-electron chi connectivity index (χ1n) is 10.0. The van der Waals surface area contributed by atoms with Crippen LogP contribution in [0, 0.1) is 17.0 Å². The Bertz CT molecular complexity index is 829. The summed E-state index contributed by atoms with van der Waals surface area (Å²) in [5.41, 5.74) is 1.79. The van der Waals surface area contributed by atoms with Crippen LogP contribution in [0.1, 0.15) is 31.7 Å². The summed E-state index contributed by atoms with van der Waals surface area (Å²) in [4.78, 5) is 13.1. The fraction of sp³-hybridized carbons (Fsp3) is 0.435. The van der Waals surface area contributed by atoms with E-state index in [1.165, 1.54) is 6.07 Å². The van der Waals surface area contributed by atoms with Crippen LogP contribution in [0.4, 0.5) is 8.78 Å². The predicted octanol–water partition coefficient (Wildman–Crippen LogP) is 3.86. The second kappa shape index (κ2) is 9.46. The van der Waals surface area contributed by atoms with Gasteiger partial charge in [0.15, 0.2) is 11.6 Å². The maximum Gasteiger partial charge on any atom is 0.227 e. The van der Waals surface area contributed by atoms with Gasteiger partial charge in [-0.15, -0.1) is 0 Å². The van der Waals surface area contributed by atoms with Gasteiger partial charge in [-0.3, -0.25) is 4.79 Å². The van der Waals surface area contributed by atoms with Crippen molar-refractivity contribution in [3.63, 3.8) is 0 Å². The zero-order valence-corrected chi connectivity index (χ0v) is 16.6. The number of aliphatic hydroxyl groups excluding tert-OH is 1. The molecule has 1 aliphatic heterocycles. The third kappa shape index (κ3) is 5.00. The molecular formula is C23H27F2NO3. The lowest BCUT2D eigenvalue weighted by Crippen LogP contribution is -2.50. The third-order valence-corrected chi connectivity index (χ3v) is 5.73. The van der Waals surface area contributed by atoms with Gasteiger partial charge in [0.05, 0.1) is 18.1 Å². The molecule has 3 rings (SSSR count). The van der Waals surface area contributed by atoms with Crippen molar-refractivity contribution >= 4 is 5.91 Å². The number of benzene rings is 2. The molecule has 29 heavy (non-hydrogen) atoms. The van der Waals surface area contributed by atoms with Gasteiger partial charge in [-0.2, -0.15) is 0 Å². The van der Waals surface area contributed by atoms with Crippen molar-refractivity contribution < 1.29 is 23.4 Å². The molecule has 1 saturated heterocycles. The Kier molecular flexibility index (Phi) is 6.98. The molecule has 1 amide bonds. The van der Waals surface area contributed by atoms with Gasteiger partial charge in [-0.1, -0.05) is 37.3 Å². The van der Waals surface area contributed by atoms with Gasteiger partial charge in [0.2, 0.25) is 5.91 Å². The van der Waals surface area contributed by atoms with Crippen molar-refractivity contribution in [2.45, 2.75) is 38.6 Å². The highest BCUT2D eigenvalue weighted by molar-refractivity contribution is 5.83. The first kappa shape index (κ1) is 21.4. The van der Waals surface area contributed by atoms with Crippen LogP contribution >= 0.6 is 0 Å². The van der Waals surface area contributed by atoms with Crippen molar-refractivity contribution in [2.24, 2.45) is 5.41 Å². The summed E-state index contributed by atoms with van der Waals surface area (Å²) in [5.74, 6) is -1.80. The van der Waals surface area contributed by atoms with Crippen molar-refractivity contribution in [3.05, 3.63) is 59.7 Å². The number of halogens is 2. The van der Waals surface area contributed by atoms with Crippen LogP contribution in [0.25, 0.3) is 11.1 Å². The highest BCUT2D eigenvalue weighted by Crippen LogP contribution is 2.35. The van der Waals surface area contributed by atoms with E-state index in [9.17, 15) is 18.7 Å². The molecule has 0 aliphatic carbocycles. The topological polar surface area (TPSA) is 58.6 Å². The number of hydrogen-bond donors (Lipinski definition) is 2. The van der Waals surface area contributed by atoms with Crippen molar-refractivity contribution in [1.82, 2.24) is 5.32 Å². The quantitative estimate of drug-likeness (QED) is 0.738. The van der Waals surface area contributed by atoms with Gasteiger partial charge in [0.1, 0.15) is 0 Å². The number of amides is 1. The van der Waals surface area contributed by atoms with Gasteiger partial charge >= 0.3 is 0 Å². The van der Waals surface area contributed by atoms with Crippen LogP contribution in [-0.2, 0) is 16.0 Å². The minimum absolute atomic E-state index is 0.0496. The zero-order valence-electron chi connectivity index (χ0n) is 16.6. The Hall–Kier alpha value is -2.31. The molecule has 0 unspecified atom stereocenters. The molecule has 0 saturated carbocycles. The molecule has 0 spiro atoms. The maximum atomic E-state index is 13.5. The molecule has 0 aromatic heterocycles. The average molecular weight is 403 g/mol. The number of carbonyl (C=O) groups excluding carboxylic acids is 1. The van der Waals surface area contributed by atoms with E-state index in [0.29, 0.717) is 44.5 Å². The van der Waals surface area contributed by atoms with E-state index in [1.54, 1.807) is 6.07 Å². The van der Waals surface area contributed by atoms with Crippen LogP contribution in [0.3, 0.4) is 0 Å². The van der Waals surface area contributed by atoms with E-state index >= 15 is 0 Å². The number of ether oxygens (including phenoxy) is 1. The lowest BCUT2D eigenvalue weighted by atomic mass is 9.74. The number of rotatable bonds is 7. The van der Waals surface area contributed by atoms with E-state index in [2.05, 4.69) is 5.32 Å². The summed E-state index contributed by atoms with van der Waals surface area (Å²) in [6, 6.07) is 11.1. The number of hydrogen-bond acceptors (Lipinski definition) is 3. The monoisotopic (exact) mass is 403 g/mol. The van der Waals surface area contributed by atoms with Gasteiger partial charge in [0, 0.05) is 13.2 Å². The fourth-order valence-corrected chi connectivity index (χ4v) is 3.74. The van der Waals surface area contributed by atoms with E-state index in [-0.39, 0.29) is 18.6 Å². The summed E-state index contributed by atoms with van der Waals surface area (Å²) in [5, 5.41) is 12.4. The SMILES string of the molecule is CC[C@H](CO)NC(=O)C1(Cc2ccc(-c3ccc(F)c(F)c3)cc2)CCOCC1. The van der Waals surface area contributed by atoms with E-state index < -0.39 is 17.0 Å². The largest absolute Gasteiger partial charge is 0.394 e. The highest BCUT2D eigenvalue weighted by atomic mass is 19.2. The maximum absolute atomic E-state index is 13.5. The Morgan fingerprint density at radius 2 is 1.76 bits per heavy atom. The van der Waals surface area contributed by atoms with E-state index in [1.807, 2.05) is 31.2 Å². The molecule has 0 radical (unpaired) electrons. The minimum atomic E-state index is -0.876. The average Bonchev–Trinajstić information content (AvgIpc) is 2.75. The Morgan fingerprint density at radius 1 is 1.10 bits per heavy atom. The van der Waals surface area contributed by atoms with Crippen LogP contribution < -0.4 is 5.32 Å². The molecule has 2 N–H and O–H groups in total. The van der Waals surface area contributed by atoms with Crippen LogP contribution in [0.2, 0.25) is 0 Å². The summed E-state index contributed by atoms with van der Waals surface area (Å²) >= 11 is 0. The van der Waals surface area contributed by atoms with Gasteiger partial charge in [-0.25, -0.2) is 8.78 Å². The molecule has 4 nitrogen and oxygen atoms in total. The minimum Gasteiger partial charge on any atom is -0.394 e. The summed E-state index contributed by atoms with van der Waals surface area (Å²) in [6.07, 6.45) is 2.46. The van der Waals surface area contributed by atoms with E-state index in [0.717, 1.165) is 17.2 Å².